The molecular formula is C13H16N2O4. The molecule has 1 saturated heterocycles. The van der Waals surface area contributed by atoms with E-state index in [1.165, 1.54) is 14.2 Å². The summed E-state index contributed by atoms with van der Waals surface area (Å²) in [6.07, 6.45) is 2.32. The molecule has 6 nitrogen and oxygen atoms in total. The minimum absolute atomic E-state index is 0.169. The smallest absolute Gasteiger partial charge is 0.341 e. The fourth-order valence-electron chi connectivity index (χ4n) is 2.23. The monoisotopic (exact) mass is 264 g/mol. The predicted molar refractivity (Wildman–Crippen MR) is 67.9 cm³/mol. The van der Waals surface area contributed by atoms with Crippen LogP contribution in [0.2, 0.25) is 0 Å². The molecule has 102 valence electrons. The second-order valence-electron chi connectivity index (χ2n) is 4.32. The maximum absolute atomic E-state index is 11.7. The summed E-state index contributed by atoms with van der Waals surface area (Å²) in [5, 5.41) is 0. The molecule has 0 amide bonds. The van der Waals surface area contributed by atoms with E-state index in [0.29, 0.717) is 30.9 Å². The van der Waals surface area contributed by atoms with Gasteiger partial charge in [0.25, 0.3) is 0 Å². The quantitative estimate of drug-likeness (QED) is 0.754. The number of methoxy groups -OCH3 is 2. The van der Waals surface area contributed by atoms with Gasteiger partial charge in [-0.05, 0) is 18.6 Å². The first kappa shape index (κ1) is 13.3. The van der Waals surface area contributed by atoms with E-state index in [-0.39, 0.29) is 11.9 Å². The fraction of sp³-hybridized carbons (Fsp3) is 0.462. The number of nitrogens with zero attached hydrogens (tertiary/aromatic N) is 2. The molecule has 0 aromatic carbocycles. The van der Waals surface area contributed by atoms with Crippen molar-refractivity contribution in [1.82, 2.24) is 4.98 Å². The highest BCUT2D eigenvalue weighted by atomic mass is 16.5. The van der Waals surface area contributed by atoms with Crippen molar-refractivity contribution in [1.29, 1.82) is 0 Å². The molecule has 0 radical (unpaired) electrons. The molecule has 2 heterocycles. The molecule has 0 spiro atoms. The lowest BCUT2D eigenvalue weighted by molar-refractivity contribution is -0.144. The highest BCUT2D eigenvalue weighted by Crippen LogP contribution is 2.26. The van der Waals surface area contributed by atoms with E-state index in [9.17, 15) is 9.59 Å². The molecule has 1 atom stereocenters. The van der Waals surface area contributed by atoms with E-state index in [0.717, 1.165) is 0 Å². The van der Waals surface area contributed by atoms with Gasteiger partial charge in [0.1, 0.15) is 11.4 Å². The molecule has 0 bridgehead atoms. The van der Waals surface area contributed by atoms with Gasteiger partial charge >= 0.3 is 11.9 Å². The van der Waals surface area contributed by atoms with Crippen molar-refractivity contribution in [2.75, 3.05) is 32.2 Å². The molecule has 19 heavy (non-hydrogen) atoms. The van der Waals surface area contributed by atoms with Crippen molar-refractivity contribution in [3.63, 3.8) is 0 Å². The van der Waals surface area contributed by atoms with Crippen LogP contribution < -0.4 is 4.90 Å². The van der Waals surface area contributed by atoms with Gasteiger partial charge in [-0.15, -0.1) is 0 Å². The normalized spacial score (nSPS) is 18.2. The summed E-state index contributed by atoms with van der Waals surface area (Å²) in [5.41, 5.74) is 0.413. The third-order valence-corrected chi connectivity index (χ3v) is 3.21. The second kappa shape index (κ2) is 5.69. The van der Waals surface area contributed by atoms with Gasteiger partial charge in [0.2, 0.25) is 0 Å². The number of pyridine rings is 1. The molecule has 0 saturated carbocycles. The van der Waals surface area contributed by atoms with Gasteiger partial charge in [0.05, 0.1) is 20.1 Å². The first-order chi connectivity index (χ1) is 9.17. The van der Waals surface area contributed by atoms with E-state index in [4.69, 9.17) is 9.47 Å². The first-order valence-corrected chi connectivity index (χ1v) is 6.03. The van der Waals surface area contributed by atoms with Gasteiger partial charge in [0, 0.05) is 19.3 Å². The van der Waals surface area contributed by atoms with Crippen LogP contribution in [0, 0.1) is 5.92 Å². The maximum Gasteiger partial charge on any atom is 0.341 e. The molecule has 0 N–H and O–H groups in total. The number of carbonyl (C=O) groups excluding carboxylic acids is 2. The topological polar surface area (TPSA) is 68.7 Å². The van der Waals surface area contributed by atoms with Crippen LogP contribution in [-0.4, -0.2) is 44.2 Å². The van der Waals surface area contributed by atoms with Crippen molar-refractivity contribution in [2.45, 2.75) is 6.42 Å². The standard InChI is InChI=1S/C13H16N2O4/c1-18-12(16)9-5-7-15(8-9)11-10(13(17)19-2)4-3-6-14-11/h3-4,6,9H,5,7-8H2,1-2H3. The van der Waals surface area contributed by atoms with Crippen molar-refractivity contribution in [3.05, 3.63) is 23.9 Å². The molecule has 1 unspecified atom stereocenters. The summed E-state index contributed by atoms with van der Waals surface area (Å²) in [6.45, 7) is 1.18. The Labute approximate surface area is 111 Å². The van der Waals surface area contributed by atoms with Crippen molar-refractivity contribution in [2.24, 2.45) is 5.92 Å². The first-order valence-electron chi connectivity index (χ1n) is 6.03. The Kier molecular flexibility index (Phi) is 3.99. The zero-order chi connectivity index (χ0) is 13.8. The van der Waals surface area contributed by atoms with Gasteiger partial charge in [-0.2, -0.15) is 0 Å². The third kappa shape index (κ3) is 2.67. The van der Waals surface area contributed by atoms with Crippen LogP contribution in [0.3, 0.4) is 0 Å². The lowest BCUT2D eigenvalue weighted by Gasteiger charge is -2.19. The van der Waals surface area contributed by atoms with E-state index < -0.39 is 5.97 Å². The molecule has 1 aliphatic heterocycles. The largest absolute Gasteiger partial charge is 0.469 e. The number of rotatable bonds is 3. The number of aromatic nitrogens is 1. The van der Waals surface area contributed by atoms with Gasteiger partial charge in [-0.3, -0.25) is 4.79 Å². The summed E-state index contributed by atoms with van der Waals surface area (Å²) < 4.78 is 9.47. The number of esters is 2. The molecule has 0 aliphatic carbocycles. The molecule has 1 aromatic rings. The summed E-state index contributed by atoms with van der Waals surface area (Å²) in [5.74, 6) is -0.263. The third-order valence-electron chi connectivity index (χ3n) is 3.21. The van der Waals surface area contributed by atoms with Crippen LogP contribution in [-0.2, 0) is 14.3 Å². The fourth-order valence-corrected chi connectivity index (χ4v) is 2.23. The van der Waals surface area contributed by atoms with E-state index in [1.807, 2.05) is 4.90 Å². The van der Waals surface area contributed by atoms with E-state index in [2.05, 4.69) is 4.98 Å². The number of carbonyl (C=O) groups is 2. The van der Waals surface area contributed by atoms with E-state index >= 15 is 0 Å². The van der Waals surface area contributed by atoms with Crippen LogP contribution in [0.25, 0.3) is 0 Å². The highest BCUT2D eigenvalue weighted by molar-refractivity contribution is 5.94. The minimum atomic E-state index is -0.426. The van der Waals surface area contributed by atoms with Crippen LogP contribution in [0.5, 0.6) is 0 Å². The lowest BCUT2D eigenvalue weighted by Crippen LogP contribution is -2.26. The molecule has 1 aromatic heterocycles. The Bertz CT molecular complexity index is 489. The summed E-state index contributed by atoms with van der Waals surface area (Å²) in [7, 11) is 2.71. The number of hydrogen-bond acceptors (Lipinski definition) is 6. The number of ether oxygens (including phenoxy) is 2. The zero-order valence-electron chi connectivity index (χ0n) is 11.0. The van der Waals surface area contributed by atoms with Gasteiger partial charge in [0.15, 0.2) is 0 Å². The average molecular weight is 264 g/mol. The van der Waals surface area contributed by atoms with Gasteiger partial charge in [-0.25, -0.2) is 9.78 Å². The predicted octanol–water partition coefficient (Wildman–Crippen LogP) is 0.867. The van der Waals surface area contributed by atoms with Crippen molar-refractivity contribution in [3.8, 4) is 0 Å². The molecular weight excluding hydrogens is 248 g/mol. The molecule has 2 rings (SSSR count). The molecule has 6 heteroatoms. The Morgan fingerprint density at radius 3 is 2.84 bits per heavy atom. The van der Waals surface area contributed by atoms with Gasteiger partial charge in [-0.1, -0.05) is 0 Å². The Balaban J connectivity index is 2.20. The second-order valence-corrected chi connectivity index (χ2v) is 4.32. The zero-order valence-corrected chi connectivity index (χ0v) is 11.0. The Morgan fingerprint density at radius 1 is 1.37 bits per heavy atom. The average Bonchev–Trinajstić information content (AvgIpc) is 2.95. The van der Waals surface area contributed by atoms with Crippen LogP contribution in [0.15, 0.2) is 18.3 Å². The van der Waals surface area contributed by atoms with Crippen LogP contribution >= 0.6 is 0 Å². The Morgan fingerprint density at radius 2 is 2.16 bits per heavy atom. The van der Waals surface area contributed by atoms with Crippen LogP contribution in [0.1, 0.15) is 16.8 Å². The Hall–Kier alpha value is -2.11. The summed E-state index contributed by atoms with van der Waals surface area (Å²) in [6, 6.07) is 3.35. The molecule has 1 aliphatic rings. The van der Waals surface area contributed by atoms with E-state index in [1.54, 1.807) is 18.3 Å². The summed E-state index contributed by atoms with van der Waals surface area (Å²) in [4.78, 5) is 29.3. The molecule has 1 fully saturated rings. The van der Waals surface area contributed by atoms with Crippen LogP contribution in [0.4, 0.5) is 5.82 Å². The van der Waals surface area contributed by atoms with Crippen molar-refractivity contribution >= 4 is 17.8 Å². The van der Waals surface area contributed by atoms with Gasteiger partial charge < -0.3 is 14.4 Å². The highest BCUT2D eigenvalue weighted by Gasteiger charge is 2.31. The minimum Gasteiger partial charge on any atom is -0.469 e. The SMILES string of the molecule is COC(=O)c1cccnc1N1CCC(C(=O)OC)C1. The lowest BCUT2D eigenvalue weighted by atomic mass is 10.1. The number of anilines is 1. The maximum atomic E-state index is 11.7. The number of hydrogen-bond donors (Lipinski definition) is 0. The van der Waals surface area contributed by atoms with Crippen molar-refractivity contribution < 1.29 is 19.1 Å². The summed E-state index contributed by atoms with van der Waals surface area (Å²) >= 11 is 0.